The van der Waals surface area contributed by atoms with Gasteiger partial charge < -0.3 is 25.3 Å². The molecule has 2 aromatic rings. The number of aryl methyl sites for hydroxylation is 1. The number of nitrogens with zero attached hydrogens (tertiary/aromatic N) is 2. The van der Waals surface area contributed by atoms with Gasteiger partial charge in [0.25, 0.3) is 0 Å². The molecule has 0 spiro atoms. The molecule has 2 rings (SSSR count). The zero-order valence-electron chi connectivity index (χ0n) is 14.5. The molecule has 1 aromatic heterocycles. The monoisotopic (exact) mass is 361 g/mol. The van der Waals surface area contributed by atoms with Crippen LogP contribution in [0.5, 0.6) is 5.75 Å². The lowest BCUT2D eigenvalue weighted by Gasteiger charge is -2.05. The maximum Gasteiger partial charge on any atom is 0.328 e. The fourth-order valence-electron chi connectivity index (χ4n) is 2.06. The normalized spacial score (nSPS) is 10.2. The van der Waals surface area contributed by atoms with Crippen molar-refractivity contribution in [2.45, 2.75) is 19.4 Å². The predicted molar refractivity (Wildman–Crippen MR) is 96.9 cm³/mol. The van der Waals surface area contributed by atoms with Crippen LogP contribution in [0.3, 0.4) is 0 Å². The van der Waals surface area contributed by atoms with Crippen molar-refractivity contribution in [3.8, 4) is 17.0 Å². The molecule has 4 N–H and O–H groups in total. The lowest BCUT2D eigenvalue weighted by molar-refractivity contribution is -0.134. The molecule has 26 heavy (non-hydrogen) atoms. The first-order valence-electron chi connectivity index (χ1n) is 7.97. The third kappa shape index (κ3) is 7.63. The summed E-state index contributed by atoms with van der Waals surface area (Å²) in [7, 11) is 1.68. The first kappa shape index (κ1) is 20.9. The minimum Gasteiger partial charge on any atom is -0.496 e. The van der Waals surface area contributed by atoms with Crippen LogP contribution in [0.4, 0.5) is 0 Å². The van der Waals surface area contributed by atoms with Crippen LogP contribution < -0.4 is 10.5 Å². The number of nitrogens with two attached hydrogens (primary N) is 1. The topological polar surface area (TPSA) is 128 Å². The van der Waals surface area contributed by atoms with Crippen molar-refractivity contribution in [1.29, 1.82) is 0 Å². The van der Waals surface area contributed by atoms with Crippen molar-refractivity contribution >= 4 is 11.9 Å². The van der Waals surface area contributed by atoms with E-state index in [0.717, 1.165) is 42.9 Å². The predicted octanol–water partition coefficient (Wildman–Crippen LogP) is 2.01. The first-order valence-corrected chi connectivity index (χ1v) is 7.97. The highest BCUT2D eigenvalue weighted by molar-refractivity contribution is 5.89. The number of ether oxygens (including phenoxy) is 1. The zero-order valence-corrected chi connectivity index (χ0v) is 14.5. The Hall–Kier alpha value is -3.13. The van der Waals surface area contributed by atoms with Gasteiger partial charge in [-0.1, -0.05) is 12.1 Å². The van der Waals surface area contributed by atoms with Gasteiger partial charge in [0.1, 0.15) is 5.75 Å². The number of benzene rings is 1. The fraction of sp³-hybridized carbons (Fsp3) is 0.278. The molecule has 0 aliphatic carbocycles. The minimum absolute atomic E-state index is 0.558. The summed E-state index contributed by atoms with van der Waals surface area (Å²) in [5, 5.41) is 15.6. The van der Waals surface area contributed by atoms with E-state index in [2.05, 4.69) is 9.55 Å². The summed E-state index contributed by atoms with van der Waals surface area (Å²) in [5.74, 6) is -1.66. The second-order valence-electron chi connectivity index (χ2n) is 5.20. The molecule has 0 aliphatic rings. The van der Waals surface area contributed by atoms with E-state index in [0.29, 0.717) is 12.2 Å². The van der Waals surface area contributed by atoms with Gasteiger partial charge in [0.15, 0.2) is 0 Å². The second kappa shape index (κ2) is 11.4. The van der Waals surface area contributed by atoms with E-state index in [1.807, 2.05) is 36.8 Å². The van der Waals surface area contributed by atoms with Gasteiger partial charge >= 0.3 is 11.9 Å². The number of rotatable bonds is 8. The minimum atomic E-state index is -1.26. The van der Waals surface area contributed by atoms with Crippen molar-refractivity contribution in [2.24, 2.45) is 5.73 Å². The number of para-hydroxylation sites is 1. The Morgan fingerprint density at radius 1 is 1.19 bits per heavy atom. The smallest absolute Gasteiger partial charge is 0.328 e. The second-order valence-corrected chi connectivity index (χ2v) is 5.20. The number of hydrogen-bond donors (Lipinski definition) is 3. The Morgan fingerprint density at radius 2 is 1.85 bits per heavy atom. The highest BCUT2D eigenvalue weighted by atomic mass is 16.5. The van der Waals surface area contributed by atoms with E-state index < -0.39 is 11.9 Å². The van der Waals surface area contributed by atoms with Gasteiger partial charge in [-0.3, -0.25) is 0 Å². The van der Waals surface area contributed by atoms with E-state index in [9.17, 15) is 9.59 Å². The summed E-state index contributed by atoms with van der Waals surface area (Å²) in [5.41, 5.74) is 7.46. The zero-order chi connectivity index (χ0) is 19.4. The summed E-state index contributed by atoms with van der Waals surface area (Å²) in [6, 6.07) is 7.92. The van der Waals surface area contributed by atoms with Crippen LogP contribution in [0.1, 0.15) is 12.8 Å². The summed E-state index contributed by atoms with van der Waals surface area (Å²) >= 11 is 0. The highest BCUT2D eigenvalue weighted by Crippen LogP contribution is 2.27. The van der Waals surface area contributed by atoms with Gasteiger partial charge in [-0.2, -0.15) is 0 Å². The largest absolute Gasteiger partial charge is 0.496 e. The van der Waals surface area contributed by atoms with Crippen LogP contribution in [0.2, 0.25) is 0 Å². The van der Waals surface area contributed by atoms with E-state index in [1.54, 1.807) is 7.11 Å². The third-order valence-corrected chi connectivity index (χ3v) is 3.26. The van der Waals surface area contributed by atoms with Crippen LogP contribution in [-0.4, -0.2) is 45.4 Å². The van der Waals surface area contributed by atoms with Crippen LogP contribution in [0.15, 0.2) is 48.9 Å². The molecule has 0 bridgehead atoms. The Morgan fingerprint density at radius 3 is 2.42 bits per heavy atom. The number of unbranched alkanes of at least 4 members (excludes halogenated alkanes) is 1. The Balaban J connectivity index is 0.000000359. The number of carbonyl (C=O) groups is 2. The molecular formula is C18H23N3O5. The molecule has 0 saturated carbocycles. The quantitative estimate of drug-likeness (QED) is 0.484. The van der Waals surface area contributed by atoms with Crippen molar-refractivity contribution in [3.63, 3.8) is 0 Å². The number of carboxylic acid groups (broad SMARTS) is 2. The standard InChI is InChI=1S/C14H19N3O.C4H4O4/c1-18-14-7-3-2-6-12(14)13-10-17(11-16-13)9-5-4-8-15;5-3(6)1-2-4(7)8/h2-3,6-7,10-11H,4-5,8-9,15H2,1H3;1-2H,(H,5,6)(H,7,8)/b;2-1+. The van der Waals surface area contributed by atoms with Crippen molar-refractivity contribution < 1.29 is 24.5 Å². The summed E-state index contributed by atoms with van der Waals surface area (Å²) in [6.45, 7) is 1.70. The maximum atomic E-state index is 9.55. The van der Waals surface area contributed by atoms with Gasteiger partial charge in [0.05, 0.1) is 19.1 Å². The molecule has 0 fully saturated rings. The van der Waals surface area contributed by atoms with Crippen molar-refractivity contribution in [2.75, 3.05) is 13.7 Å². The average molecular weight is 361 g/mol. The molecular weight excluding hydrogens is 338 g/mol. The first-order chi connectivity index (χ1) is 12.5. The van der Waals surface area contributed by atoms with Gasteiger partial charge in [-0.15, -0.1) is 0 Å². The van der Waals surface area contributed by atoms with Gasteiger partial charge in [-0.05, 0) is 31.5 Å². The molecule has 0 unspecified atom stereocenters. The molecule has 140 valence electrons. The van der Waals surface area contributed by atoms with Gasteiger partial charge in [0, 0.05) is 30.5 Å². The van der Waals surface area contributed by atoms with E-state index in [1.165, 1.54) is 0 Å². The molecule has 0 aliphatic heterocycles. The summed E-state index contributed by atoms with van der Waals surface area (Å²) < 4.78 is 7.44. The molecule has 1 heterocycles. The van der Waals surface area contributed by atoms with E-state index >= 15 is 0 Å². The number of hydrogen-bond acceptors (Lipinski definition) is 5. The highest BCUT2D eigenvalue weighted by Gasteiger charge is 2.07. The molecule has 0 saturated heterocycles. The molecule has 0 amide bonds. The van der Waals surface area contributed by atoms with Crippen molar-refractivity contribution in [1.82, 2.24) is 9.55 Å². The van der Waals surface area contributed by atoms with E-state index in [-0.39, 0.29) is 0 Å². The molecule has 8 nitrogen and oxygen atoms in total. The summed E-state index contributed by atoms with van der Waals surface area (Å²) in [6.07, 6.45) is 7.15. The number of aliphatic carboxylic acids is 2. The average Bonchev–Trinajstić information content (AvgIpc) is 3.09. The Kier molecular flexibility index (Phi) is 9.19. The SMILES string of the molecule is COc1ccccc1-c1cn(CCCCN)cn1.O=C(O)/C=C/C(=O)O. The molecule has 1 aromatic carbocycles. The Bertz CT molecular complexity index is 724. The van der Waals surface area contributed by atoms with Crippen LogP contribution >= 0.6 is 0 Å². The molecule has 0 atom stereocenters. The third-order valence-electron chi connectivity index (χ3n) is 3.26. The fourth-order valence-corrected chi connectivity index (χ4v) is 2.06. The lowest BCUT2D eigenvalue weighted by atomic mass is 10.1. The van der Waals surface area contributed by atoms with Crippen LogP contribution in [-0.2, 0) is 16.1 Å². The maximum absolute atomic E-state index is 9.55. The van der Waals surface area contributed by atoms with Gasteiger partial charge in [0.2, 0.25) is 0 Å². The Labute approximate surface area is 151 Å². The summed E-state index contributed by atoms with van der Waals surface area (Å²) in [4.78, 5) is 23.5. The van der Waals surface area contributed by atoms with E-state index in [4.69, 9.17) is 20.7 Å². The molecule has 0 radical (unpaired) electrons. The van der Waals surface area contributed by atoms with Crippen molar-refractivity contribution in [3.05, 3.63) is 48.9 Å². The van der Waals surface area contributed by atoms with Crippen LogP contribution in [0, 0.1) is 0 Å². The number of aromatic nitrogens is 2. The number of methoxy groups -OCH3 is 1. The van der Waals surface area contributed by atoms with Gasteiger partial charge in [-0.25, -0.2) is 14.6 Å². The number of imidazole rings is 1. The molecule has 8 heteroatoms. The van der Waals surface area contributed by atoms with Crippen LogP contribution in [0.25, 0.3) is 11.3 Å². The lowest BCUT2D eigenvalue weighted by Crippen LogP contribution is -2.01. The number of carboxylic acids is 2.